The van der Waals surface area contributed by atoms with Crippen molar-refractivity contribution < 1.29 is 9.59 Å². The fraction of sp³-hybridized carbons (Fsp3) is 0.0435. The van der Waals surface area contributed by atoms with Crippen LogP contribution < -0.4 is 9.80 Å². The number of likely N-dealkylation sites (N-methyl/N-ethyl adjacent to an activating group) is 1. The van der Waals surface area contributed by atoms with E-state index in [9.17, 15) is 9.59 Å². The third kappa shape index (κ3) is 3.79. The Bertz CT molecular complexity index is 1080. The minimum absolute atomic E-state index is 0.334. The first-order chi connectivity index (χ1) is 14.1. The summed E-state index contributed by atoms with van der Waals surface area (Å²) in [5, 5.41) is 0.615. The molecule has 0 saturated carbocycles. The number of carbonyl (C=O) groups excluding carboxylic acids is 2. The van der Waals surface area contributed by atoms with E-state index in [0.717, 1.165) is 10.6 Å². The molecule has 0 saturated heterocycles. The summed E-state index contributed by atoms with van der Waals surface area (Å²) in [5.74, 6) is -0.678. The Balaban J connectivity index is 1.79. The Kier molecular flexibility index (Phi) is 5.43. The molecule has 0 aromatic heterocycles. The number of benzene rings is 3. The summed E-state index contributed by atoms with van der Waals surface area (Å²) >= 11 is 7.25. The minimum atomic E-state index is -0.344. The molecule has 0 atom stereocenters. The van der Waals surface area contributed by atoms with Crippen molar-refractivity contribution in [1.82, 2.24) is 0 Å². The Morgan fingerprint density at radius 1 is 0.793 bits per heavy atom. The molecule has 1 aliphatic heterocycles. The summed E-state index contributed by atoms with van der Waals surface area (Å²) < 4.78 is 0. The van der Waals surface area contributed by atoms with Gasteiger partial charge in [-0.3, -0.25) is 9.59 Å². The molecule has 29 heavy (non-hydrogen) atoms. The zero-order valence-corrected chi connectivity index (χ0v) is 17.2. The fourth-order valence-corrected chi connectivity index (χ4v) is 4.23. The summed E-state index contributed by atoms with van der Waals surface area (Å²) in [6, 6.07) is 25.7. The monoisotopic (exact) mass is 420 g/mol. The quantitative estimate of drug-likeness (QED) is 0.521. The van der Waals surface area contributed by atoms with Gasteiger partial charge < -0.3 is 4.90 Å². The number of thioether (sulfide) groups is 1. The highest BCUT2D eigenvalue weighted by Crippen LogP contribution is 2.39. The Morgan fingerprint density at radius 2 is 1.38 bits per heavy atom. The van der Waals surface area contributed by atoms with Crippen LogP contribution in [0, 0.1) is 0 Å². The summed E-state index contributed by atoms with van der Waals surface area (Å²) in [6.07, 6.45) is 0. The van der Waals surface area contributed by atoms with E-state index < -0.39 is 0 Å². The highest BCUT2D eigenvalue weighted by Gasteiger charge is 2.42. The van der Waals surface area contributed by atoms with Crippen molar-refractivity contribution in [3.63, 3.8) is 0 Å². The molecule has 2 amide bonds. The number of para-hydroxylation sites is 2. The molecule has 0 spiro atoms. The number of carbonyl (C=O) groups is 2. The molecule has 3 aromatic carbocycles. The van der Waals surface area contributed by atoms with Gasteiger partial charge in [-0.05, 0) is 48.5 Å². The number of hydrogen-bond acceptors (Lipinski definition) is 4. The number of halogens is 1. The largest absolute Gasteiger partial charge is 0.339 e. The smallest absolute Gasteiger partial charge is 0.283 e. The Morgan fingerprint density at radius 3 is 2.00 bits per heavy atom. The summed E-state index contributed by atoms with van der Waals surface area (Å²) in [6.45, 7) is 0. The number of imide groups is 1. The molecule has 0 unspecified atom stereocenters. The molecular weight excluding hydrogens is 404 g/mol. The predicted octanol–water partition coefficient (Wildman–Crippen LogP) is 5.35. The van der Waals surface area contributed by atoms with E-state index in [0.29, 0.717) is 21.3 Å². The van der Waals surface area contributed by atoms with E-state index in [2.05, 4.69) is 0 Å². The van der Waals surface area contributed by atoms with Gasteiger partial charge in [-0.25, -0.2) is 4.90 Å². The fourth-order valence-electron chi connectivity index (χ4n) is 3.10. The van der Waals surface area contributed by atoms with Crippen LogP contribution in [-0.2, 0) is 9.59 Å². The van der Waals surface area contributed by atoms with Gasteiger partial charge in [-0.15, -0.1) is 0 Å². The van der Waals surface area contributed by atoms with Gasteiger partial charge in [0.2, 0.25) is 0 Å². The van der Waals surface area contributed by atoms with Crippen LogP contribution in [0.1, 0.15) is 0 Å². The Labute approximate surface area is 178 Å². The van der Waals surface area contributed by atoms with Gasteiger partial charge in [0.25, 0.3) is 11.8 Å². The summed E-state index contributed by atoms with van der Waals surface area (Å²) in [5.41, 5.74) is 1.73. The van der Waals surface area contributed by atoms with Crippen molar-refractivity contribution in [1.29, 1.82) is 0 Å². The third-order valence-corrected chi connectivity index (χ3v) is 5.88. The van der Waals surface area contributed by atoms with Crippen LogP contribution in [0.3, 0.4) is 0 Å². The zero-order chi connectivity index (χ0) is 20.4. The van der Waals surface area contributed by atoms with Gasteiger partial charge in [-0.2, -0.15) is 0 Å². The molecule has 4 nitrogen and oxygen atoms in total. The first-order valence-electron chi connectivity index (χ1n) is 8.96. The van der Waals surface area contributed by atoms with Crippen LogP contribution in [-0.4, -0.2) is 18.9 Å². The van der Waals surface area contributed by atoms with Crippen molar-refractivity contribution in [3.8, 4) is 0 Å². The molecule has 1 aliphatic rings. The van der Waals surface area contributed by atoms with Gasteiger partial charge in [0.15, 0.2) is 0 Å². The second-order valence-electron chi connectivity index (χ2n) is 6.41. The van der Waals surface area contributed by atoms with Crippen molar-refractivity contribution >= 4 is 46.6 Å². The maximum atomic E-state index is 13.4. The van der Waals surface area contributed by atoms with Crippen LogP contribution in [0.25, 0.3) is 0 Å². The van der Waals surface area contributed by atoms with Gasteiger partial charge >= 0.3 is 0 Å². The number of amides is 2. The molecule has 1 heterocycles. The highest BCUT2D eigenvalue weighted by molar-refractivity contribution is 8.04. The van der Waals surface area contributed by atoms with E-state index in [4.69, 9.17) is 11.6 Å². The highest BCUT2D eigenvalue weighted by atomic mass is 35.5. The van der Waals surface area contributed by atoms with E-state index >= 15 is 0 Å². The van der Waals surface area contributed by atoms with Gasteiger partial charge in [0, 0.05) is 22.7 Å². The topological polar surface area (TPSA) is 40.6 Å². The van der Waals surface area contributed by atoms with Crippen molar-refractivity contribution in [3.05, 3.63) is 101 Å². The van der Waals surface area contributed by atoms with E-state index in [1.165, 1.54) is 16.7 Å². The molecule has 0 N–H and O–H groups in total. The first kappa shape index (κ1) is 19.3. The molecule has 144 valence electrons. The molecule has 4 rings (SSSR count). The first-order valence-corrected chi connectivity index (χ1v) is 10.2. The molecule has 0 bridgehead atoms. The SMILES string of the molecule is CN(C1=C(Sc2ccc(Cl)cc2)C(=O)N(c2ccccc2)C1=O)c1ccccc1. The molecule has 0 aliphatic carbocycles. The third-order valence-electron chi connectivity index (χ3n) is 4.54. The standard InChI is InChI=1S/C23H17ClN2O2S/c1-25(17-8-4-2-5-9-17)20-21(29-19-14-12-16(24)13-15-19)23(28)26(22(20)27)18-10-6-3-7-11-18/h2-15H,1H3. The lowest BCUT2D eigenvalue weighted by atomic mass is 10.2. The lowest BCUT2D eigenvalue weighted by Crippen LogP contribution is -2.34. The lowest BCUT2D eigenvalue weighted by molar-refractivity contribution is -0.120. The second-order valence-corrected chi connectivity index (χ2v) is 7.93. The van der Waals surface area contributed by atoms with Crippen molar-refractivity contribution in [2.45, 2.75) is 4.90 Å². The molecule has 0 radical (unpaired) electrons. The number of hydrogen-bond donors (Lipinski definition) is 0. The average molecular weight is 421 g/mol. The van der Waals surface area contributed by atoms with Crippen molar-refractivity contribution in [2.75, 3.05) is 16.8 Å². The second kappa shape index (κ2) is 8.15. The van der Waals surface area contributed by atoms with E-state index in [1.807, 2.05) is 48.5 Å². The van der Waals surface area contributed by atoms with Gasteiger partial charge in [-0.1, -0.05) is 59.8 Å². The maximum Gasteiger partial charge on any atom is 0.283 e. The normalized spacial score (nSPS) is 13.9. The molecule has 3 aromatic rings. The molecule has 6 heteroatoms. The molecule has 0 fully saturated rings. The summed E-state index contributed by atoms with van der Waals surface area (Å²) in [7, 11) is 1.80. The van der Waals surface area contributed by atoms with E-state index in [-0.39, 0.29) is 11.8 Å². The van der Waals surface area contributed by atoms with Gasteiger partial charge in [0.1, 0.15) is 10.6 Å². The van der Waals surface area contributed by atoms with Crippen LogP contribution in [0.2, 0.25) is 5.02 Å². The minimum Gasteiger partial charge on any atom is -0.339 e. The van der Waals surface area contributed by atoms with Crippen molar-refractivity contribution in [2.24, 2.45) is 0 Å². The van der Waals surface area contributed by atoms with Crippen LogP contribution >= 0.6 is 23.4 Å². The maximum absolute atomic E-state index is 13.4. The average Bonchev–Trinajstić information content (AvgIpc) is 3.00. The van der Waals surface area contributed by atoms with E-state index in [1.54, 1.807) is 48.3 Å². The summed E-state index contributed by atoms with van der Waals surface area (Å²) in [4.78, 5) is 30.9. The zero-order valence-electron chi connectivity index (χ0n) is 15.6. The van der Waals surface area contributed by atoms with Crippen LogP contribution in [0.5, 0.6) is 0 Å². The predicted molar refractivity (Wildman–Crippen MR) is 118 cm³/mol. The number of rotatable bonds is 5. The lowest BCUT2D eigenvalue weighted by Gasteiger charge is -2.21. The van der Waals surface area contributed by atoms with Crippen LogP contribution in [0.15, 0.2) is 100 Å². The van der Waals surface area contributed by atoms with Gasteiger partial charge in [0.05, 0.1) is 5.69 Å². The van der Waals surface area contributed by atoms with Crippen LogP contribution in [0.4, 0.5) is 11.4 Å². The number of nitrogens with zero attached hydrogens (tertiary/aromatic N) is 2. The Hall–Kier alpha value is -3.02. The number of anilines is 2. The molecular formula is C23H17ClN2O2S.